The number of hydrogen-bond donors (Lipinski definition) is 3. The Morgan fingerprint density at radius 2 is 2.04 bits per heavy atom. The van der Waals surface area contributed by atoms with E-state index in [4.69, 9.17) is 16.7 Å². The van der Waals surface area contributed by atoms with Crippen LogP contribution >= 0.6 is 22.9 Å². The number of aromatic nitrogens is 3. The lowest BCUT2D eigenvalue weighted by Gasteiger charge is -2.05. The van der Waals surface area contributed by atoms with E-state index in [9.17, 15) is 4.79 Å². The quantitative estimate of drug-likeness (QED) is 0.442. The zero-order chi connectivity index (χ0) is 18.8. The number of aromatic amines is 1. The van der Waals surface area contributed by atoms with Crippen LogP contribution in [0.4, 0.5) is 5.69 Å². The molecule has 4 rings (SSSR count). The molecule has 0 saturated heterocycles. The first kappa shape index (κ1) is 17.5. The average Bonchev–Trinajstić information content (AvgIpc) is 3.25. The summed E-state index contributed by atoms with van der Waals surface area (Å²) in [6.45, 7) is 0.680. The van der Waals surface area contributed by atoms with E-state index in [-0.39, 0.29) is 5.56 Å². The van der Waals surface area contributed by atoms with Gasteiger partial charge in [0.05, 0.1) is 23.1 Å². The molecule has 0 aliphatic carbocycles. The standard InChI is InChI=1S/C19H15ClN4O2S/c20-19-22-10-14(27-19)9-21-13-4-1-11(2-5-13)7-17-23-15-6-3-12(18(25)26)8-16(15)24-17/h1-6,8,10,21H,7,9H2,(H,23,24)(H,25,26). The summed E-state index contributed by atoms with van der Waals surface area (Å²) >= 11 is 7.29. The zero-order valence-electron chi connectivity index (χ0n) is 14.1. The SMILES string of the molecule is O=C(O)c1ccc2nc(Cc3ccc(NCc4cnc(Cl)s4)cc3)[nH]c2c1. The van der Waals surface area contributed by atoms with Gasteiger partial charge in [0, 0.05) is 23.2 Å². The van der Waals surface area contributed by atoms with E-state index in [0.717, 1.165) is 33.0 Å². The maximum Gasteiger partial charge on any atom is 0.335 e. The van der Waals surface area contributed by atoms with Gasteiger partial charge in [0.25, 0.3) is 0 Å². The van der Waals surface area contributed by atoms with Gasteiger partial charge in [-0.05, 0) is 35.9 Å². The highest BCUT2D eigenvalue weighted by Crippen LogP contribution is 2.20. The Balaban J connectivity index is 1.43. The van der Waals surface area contributed by atoms with Gasteiger partial charge in [0.15, 0.2) is 4.47 Å². The van der Waals surface area contributed by atoms with Crippen molar-refractivity contribution in [2.24, 2.45) is 0 Å². The molecule has 0 amide bonds. The molecule has 0 bridgehead atoms. The van der Waals surface area contributed by atoms with Gasteiger partial charge in [0.1, 0.15) is 5.82 Å². The summed E-state index contributed by atoms with van der Waals surface area (Å²) in [6.07, 6.45) is 2.41. The van der Waals surface area contributed by atoms with Crippen LogP contribution in [0.3, 0.4) is 0 Å². The lowest BCUT2D eigenvalue weighted by atomic mass is 10.1. The van der Waals surface area contributed by atoms with E-state index in [1.807, 2.05) is 24.3 Å². The monoisotopic (exact) mass is 398 g/mol. The highest BCUT2D eigenvalue weighted by atomic mass is 35.5. The minimum Gasteiger partial charge on any atom is -0.478 e. The smallest absolute Gasteiger partial charge is 0.335 e. The molecule has 2 aromatic carbocycles. The van der Waals surface area contributed by atoms with Crippen LogP contribution in [0.5, 0.6) is 0 Å². The van der Waals surface area contributed by atoms with Crippen molar-refractivity contribution < 1.29 is 9.90 Å². The van der Waals surface area contributed by atoms with E-state index in [2.05, 4.69) is 20.3 Å². The van der Waals surface area contributed by atoms with E-state index >= 15 is 0 Å². The number of nitrogens with zero attached hydrogens (tertiary/aromatic N) is 2. The summed E-state index contributed by atoms with van der Waals surface area (Å²) in [4.78, 5) is 23.9. The number of carboxylic acid groups (broad SMARTS) is 1. The average molecular weight is 399 g/mol. The molecule has 0 radical (unpaired) electrons. The van der Waals surface area contributed by atoms with Crippen molar-refractivity contribution in [2.75, 3.05) is 5.32 Å². The Morgan fingerprint density at radius 1 is 1.22 bits per heavy atom. The fraction of sp³-hybridized carbons (Fsp3) is 0.105. The first-order valence-corrected chi connectivity index (χ1v) is 9.41. The van der Waals surface area contributed by atoms with Gasteiger partial charge in [-0.2, -0.15) is 0 Å². The Hall–Kier alpha value is -2.90. The molecule has 136 valence electrons. The number of thiazole rings is 1. The fourth-order valence-electron chi connectivity index (χ4n) is 2.77. The van der Waals surface area contributed by atoms with Gasteiger partial charge in [-0.15, -0.1) is 11.3 Å². The van der Waals surface area contributed by atoms with Gasteiger partial charge in [-0.3, -0.25) is 0 Å². The second-order valence-corrected chi connectivity index (χ2v) is 7.72. The second-order valence-electron chi connectivity index (χ2n) is 6.03. The van der Waals surface area contributed by atoms with Crippen LogP contribution in [0.2, 0.25) is 4.47 Å². The molecule has 0 spiro atoms. The third-order valence-corrected chi connectivity index (χ3v) is 5.21. The first-order chi connectivity index (χ1) is 13.1. The molecule has 0 fully saturated rings. The van der Waals surface area contributed by atoms with Crippen LogP contribution in [-0.2, 0) is 13.0 Å². The highest BCUT2D eigenvalue weighted by molar-refractivity contribution is 7.15. The number of hydrogen-bond acceptors (Lipinski definition) is 5. The molecular formula is C19H15ClN4O2S. The third kappa shape index (κ3) is 4.10. The van der Waals surface area contributed by atoms with Crippen molar-refractivity contribution >= 4 is 45.6 Å². The number of H-pyrrole nitrogens is 1. The van der Waals surface area contributed by atoms with Crippen LogP contribution in [0.15, 0.2) is 48.7 Å². The Kier molecular flexibility index (Phi) is 4.79. The molecule has 2 heterocycles. The zero-order valence-corrected chi connectivity index (χ0v) is 15.6. The molecule has 0 saturated carbocycles. The number of fused-ring (bicyclic) bond motifs is 1. The van der Waals surface area contributed by atoms with E-state index in [1.165, 1.54) is 11.3 Å². The molecular weight excluding hydrogens is 384 g/mol. The van der Waals surface area contributed by atoms with E-state index in [1.54, 1.807) is 24.4 Å². The Morgan fingerprint density at radius 3 is 2.74 bits per heavy atom. The van der Waals surface area contributed by atoms with Gasteiger partial charge in [-0.25, -0.2) is 14.8 Å². The van der Waals surface area contributed by atoms with Crippen molar-refractivity contribution in [2.45, 2.75) is 13.0 Å². The summed E-state index contributed by atoms with van der Waals surface area (Å²) in [5.41, 5.74) is 3.86. The van der Waals surface area contributed by atoms with Gasteiger partial charge >= 0.3 is 5.97 Å². The number of imidazole rings is 1. The van der Waals surface area contributed by atoms with Crippen LogP contribution in [0, 0.1) is 0 Å². The molecule has 0 aliphatic rings. The third-order valence-electron chi connectivity index (χ3n) is 4.10. The van der Waals surface area contributed by atoms with Gasteiger partial charge in [-0.1, -0.05) is 23.7 Å². The number of aromatic carboxylic acids is 1. The molecule has 4 aromatic rings. The van der Waals surface area contributed by atoms with Crippen LogP contribution < -0.4 is 5.32 Å². The fourth-order valence-corrected chi connectivity index (χ4v) is 3.69. The van der Waals surface area contributed by atoms with E-state index < -0.39 is 5.97 Å². The second kappa shape index (κ2) is 7.38. The van der Waals surface area contributed by atoms with Crippen molar-refractivity contribution in [1.29, 1.82) is 0 Å². The molecule has 0 unspecified atom stereocenters. The van der Waals surface area contributed by atoms with Crippen LogP contribution in [0.1, 0.15) is 26.6 Å². The number of nitrogens with one attached hydrogen (secondary N) is 2. The maximum atomic E-state index is 11.1. The minimum absolute atomic E-state index is 0.246. The number of carbonyl (C=O) groups is 1. The van der Waals surface area contributed by atoms with Gasteiger partial charge < -0.3 is 15.4 Å². The first-order valence-electron chi connectivity index (χ1n) is 8.22. The lowest BCUT2D eigenvalue weighted by molar-refractivity contribution is 0.0697. The maximum absolute atomic E-state index is 11.1. The molecule has 27 heavy (non-hydrogen) atoms. The summed E-state index contributed by atoms with van der Waals surface area (Å²) < 4.78 is 0.545. The van der Waals surface area contributed by atoms with Crippen molar-refractivity contribution in [3.05, 3.63) is 75.0 Å². The van der Waals surface area contributed by atoms with Crippen LogP contribution in [0.25, 0.3) is 11.0 Å². The van der Waals surface area contributed by atoms with Crippen LogP contribution in [-0.4, -0.2) is 26.0 Å². The lowest BCUT2D eigenvalue weighted by Crippen LogP contribution is -1.98. The number of anilines is 1. The summed E-state index contributed by atoms with van der Waals surface area (Å²) in [5.74, 6) is -0.149. The Labute approximate surface area is 163 Å². The number of benzene rings is 2. The predicted molar refractivity (Wildman–Crippen MR) is 107 cm³/mol. The molecule has 0 aliphatic heterocycles. The molecule has 0 atom stereocenters. The number of halogens is 1. The normalized spacial score (nSPS) is 11.0. The molecule has 3 N–H and O–H groups in total. The molecule has 2 aromatic heterocycles. The minimum atomic E-state index is -0.947. The van der Waals surface area contributed by atoms with Gasteiger partial charge in [0.2, 0.25) is 0 Å². The Bertz CT molecular complexity index is 1100. The van der Waals surface area contributed by atoms with Crippen molar-refractivity contribution in [3.8, 4) is 0 Å². The number of rotatable bonds is 6. The predicted octanol–water partition coefficient (Wildman–Crippen LogP) is 4.57. The summed E-state index contributed by atoms with van der Waals surface area (Å²) in [6, 6.07) is 13.0. The summed E-state index contributed by atoms with van der Waals surface area (Å²) in [7, 11) is 0. The highest BCUT2D eigenvalue weighted by Gasteiger charge is 2.08. The van der Waals surface area contributed by atoms with Crippen molar-refractivity contribution in [3.63, 3.8) is 0 Å². The molecule has 6 nitrogen and oxygen atoms in total. The topological polar surface area (TPSA) is 90.9 Å². The molecule has 8 heteroatoms. The van der Waals surface area contributed by atoms with Crippen molar-refractivity contribution in [1.82, 2.24) is 15.0 Å². The van der Waals surface area contributed by atoms with E-state index in [0.29, 0.717) is 17.4 Å². The summed E-state index contributed by atoms with van der Waals surface area (Å²) in [5, 5.41) is 12.4. The largest absolute Gasteiger partial charge is 0.478 e. The number of carboxylic acids is 1.